The van der Waals surface area contributed by atoms with Crippen LogP contribution in [0.1, 0.15) is 12.8 Å². The number of anilines is 1. The van der Waals surface area contributed by atoms with E-state index >= 15 is 0 Å². The first-order chi connectivity index (χ1) is 9.44. The summed E-state index contributed by atoms with van der Waals surface area (Å²) in [6.45, 7) is 0.523. The smallest absolute Gasteiger partial charge is 0.301 e. The molecular formula is C12H16F2N2O3S. The fraction of sp³-hybridized carbons (Fsp3) is 0.500. The third-order valence-electron chi connectivity index (χ3n) is 3.36. The van der Waals surface area contributed by atoms with Crippen molar-refractivity contribution in [3.63, 3.8) is 0 Å². The number of benzene rings is 1. The minimum Gasteiger partial charge on any atom is -0.396 e. The molecule has 0 atom stereocenters. The van der Waals surface area contributed by atoms with Crippen LogP contribution in [0.3, 0.4) is 0 Å². The molecule has 0 amide bonds. The Morgan fingerprint density at radius 3 is 2.55 bits per heavy atom. The van der Waals surface area contributed by atoms with Crippen molar-refractivity contribution in [1.82, 2.24) is 4.31 Å². The SMILES string of the molecule is O=S(=O)(Nc1cccc(F)c1F)N1CCC(CO)CC1. The Morgan fingerprint density at radius 2 is 1.95 bits per heavy atom. The Labute approximate surface area is 116 Å². The molecule has 0 bridgehead atoms. The van der Waals surface area contributed by atoms with Crippen LogP contribution in [-0.2, 0) is 10.2 Å². The second-order valence-corrected chi connectivity index (χ2v) is 6.40. The van der Waals surface area contributed by atoms with Crippen molar-refractivity contribution in [2.75, 3.05) is 24.4 Å². The third kappa shape index (κ3) is 3.25. The zero-order chi connectivity index (χ0) is 14.8. The standard InChI is InChI=1S/C12H16F2N2O3S/c13-10-2-1-3-11(12(10)14)15-20(18,19)16-6-4-9(8-17)5-7-16/h1-3,9,15,17H,4-8H2. The maximum Gasteiger partial charge on any atom is 0.301 e. The second kappa shape index (κ2) is 6.02. The maximum absolute atomic E-state index is 13.5. The van der Waals surface area contributed by atoms with Gasteiger partial charge in [0.05, 0.1) is 5.69 Å². The predicted octanol–water partition coefficient (Wildman–Crippen LogP) is 1.33. The molecule has 1 fully saturated rings. The molecule has 5 nitrogen and oxygen atoms in total. The zero-order valence-electron chi connectivity index (χ0n) is 10.7. The van der Waals surface area contributed by atoms with E-state index in [-0.39, 0.29) is 25.6 Å². The summed E-state index contributed by atoms with van der Waals surface area (Å²) in [7, 11) is -3.91. The molecule has 0 aromatic heterocycles. The highest BCUT2D eigenvalue weighted by molar-refractivity contribution is 7.90. The van der Waals surface area contributed by atoms with E-state index in [0.717, 1.165) is 12.1 Å². The minimum atomic E-state index is -3.91. The first-order valence-corrected chi connectivity index (χ1v) is 7.71. The van der Waals surface area contributed by atoms with Gasteiger partial charge in [-0.3, -0.25) is 4.72 Å². The molecular weight excluding hydrogens is 290 g/mol. The predicted molar refractivity (Wildman–Crippen MR) is 70.3 cm³/mol. The van der Waals surface area contributed by atoms with Gasteiger partial charge in [0.2, 0.25) is 0 Å². The molecule has 1 heterocycles. The van der Waals surface area contributed by atoms with E-state index in [1.807, 2.05) is 0 Å². The number of aliphatic hydroxyl groups excluding tert-OH is 1. The second-order valence-electron chi connectivity index (χ2n) is 4.73. The van der Waals surface area contributed by atoms with E-state index < -0.39 is 27.5 Å². The Hall–Kier alpha value is -1.25. The lowest BCUT2D eigenvalue weighted by Gasteiger charge is -2.30. The summed E-state index contributed by atoms with van der Waals surface area (Å²) < 4.78 is 53.9. The number of nitrogens with one attached hydrogen (secondary N) is 1. The van der Waals surface area contributed by atoms with Gasteiger partial charge in [-0.25, -0.2) is 8.78 Å². The molecule has 0 saturated carbocycles. The Balaban J connectivity index is 2.10. The first-order valence-electron chi connectivity index (χ1n) is 6.27. The number of rotatable bonds is 4. The number of piperidine rings is 1. The van der Waals surface area contributed by atoms with E-state index in [4.69, 9.17) is 5.11 Å². The van der Waals surface area contributed by atoms with Gasteiger partial charge in [0, 0.05) is 19.7 Å². The third-order valence-corrected chi connectivity index (χ3v) is 4.88. The van der Waals surface area contributed by atoms with Gasteiger partial charge in [0.1, 0.15) is 0 Å². The molecule has 112 valence electrons. The summed E-state index contributed by atoms with van der Waals surface area (Å²) in [5.74, 6) is -2.24. The van der Waals surface area contributed by atoms with E-state index in [0.29, 0.717) is 12.8 Å². The van der Waals surface area contributed by atoms with E-state index in [2.05, 4.69) is 4.72 Å². The van der Waals surface area contributed by atoms with Gasteiger partial charge >= 0.3 is 10.2 Å². The van der Waals surface area contributed by atoms with Gasteiger partial charge in [-0.15, -0.1) is 0 Å². The zero-order valence-corrected chi connectivity index (χ0v) is 11.5. The molecule has 2 N–H and O–H groups in total. The van der Waals surface area contributed by atoms with Gasteiger partial charge in [0.15, 0.2) is 11.6 Å². The highest BCUT2D eigenvalue weighted by atomic mass is 32.2. The monoisotopic (exact) mass is 306 g/mol. The Bertz CT molecular complexity index is 572. The highest BCUT2D eigenvalue weighted by Crippen LogP contribution is 2.22. The summed E-state index contributed by atoms with van der Waals surface area (Å²) in [5.41, 5.74) is -0.408. The fourth-order valence-corrected chi connectivity index (χ4v) is 3.37. The van der Waals surface area contributed by atoms with Crippen LogP contribution in [0.15, 0.2) is 18.2 Å². The molecule has 1 saturated heterocycles. The van der Waals surface area contributed by atoms with Crippen LogP contribution >= 0.6 is 0 Å². The van der Waals surface area contributed by atoms with Crippen LogP contribution in [-0.4, -0.2) is 37.5 Å². The molecule has 1 aromatic carbocycles. The first kappa shape index (κ1) is 15.1. The van der Waals surface area contributed by atoms with Crippen molar-refractivity contribution >= 4 is 15.9 Å². The molecule has 0 spiro atoms. The van der Waals surface area contributed by atoms with E-state index in [9.17, 15) is 17.2 Å². The number of aliphatic hydroxyl groups is 1. The van der Waals surface area contributed by atoms with Crippen molar-refractivity contribution < 1.29 is 22.3 Å². The molecule has 0 radical (unpaired) electrons. The Kier molecular flexibility index (Phi) is 4.56. The van der Waals surface area contributed by atoms with Gasteiger partial charge in [-0.05, 0) is 30.9 Å². The molecule has 2 rings (SSSR count). The van der Waals surface area contributed by atoms with Crippen LogP contribution in [0.5, 0.6) is 0 Å². The largest absolute Gasteiger partial charge is 0.396 e. The van der Waals surface area contributed by atoms with Crippen LogP contribution in [0.25, 0.3) is 0 Å². The van der Waals surface area contributed by atoms with Crippen molar-refractivity contribution in [2.45, 2.75) is 12.8 Å². The van der Waals surface area contributed by atoms with E-state index in [1.165, 1.54) is 10.4 Å². The van der Waals surface area contributed by atoms with Crippen molar-refractivity contribution in [3.8, 4) is 0 Å². The lowest BCUT2D eigenvalue weighted by atomic mass is 10.00. The molecule has 20 heavy (non-hydrogen) atoms. The van der Waals surface area contributed by atoms with Crippen LogP contribution in [0.2, 0.25) is 0 Å². The summed E-state index contributed by atoms with van der Waals surface area (Å²) >= 11 is 0. The van der Waals surface area contributed by atoms with Crippen molar-refractivity contribution in [1.29, 1.82) is 0 Å². The van der Waals surface area contributed by atoms with Gasteiger partial charge < -0.3 is 5.11 Å². The summed E-state index contributed by atoms with van der Waals surface area (Å²) in [4.78, 5) is 0. The summed E-state index contributed by atoms with van der Waals surface area (Å²) in [5, 5.41) is 9.01. The summed E-state index contributed by atoms with van der Waals surface area (Å²) in [6.07, 6.45) is 1.09. The lowest BCUT2D eigenvalue weighted by Crippen LogP contribution is -2.42. The summed E-state index contributed by atoms with van der Waals surface area (Å²) in [6, 6.07) is 3.31. The van der Waals surface area contributed by atoms with Crippen molar-refractivity contribution in [3.05, 3.63) is 29.8 Å². The molecule has 8 heteroatoms. The maximum atomic E-state index is 13.5. The number of halogens is 2. The van der Waals surface area contributed by atoms with E-state index in [1.54, 1.807) is 0 Å². The molecule has 0 unspecified atom stereocenters. The lowest BCUT2D eigenvalue weighted by molar-refractivity contribution is 0.170. The molecule has 1 aromatic rings. The van der Waals surface area contributed by atoms with Gasteiger partial charge in [0.25, 0.3) is 0 Å². The number of hydrogen-bond donors (Lipinski definition) is 2. The number of nitrogens with zero attached hydrogens (tertiary/aromatic N) is 1. The highest BCUT2D eigenvalue weighted by Gasteiger charge is 2.28. The average Bonchev–Trinajstić information content (AvgIpc) is 2.44. The van der Waals surface area contributed by atoms with Crippen LogP contribution < -0.4 is 4.72 Å². The normalized spacial score (nSPS) is 18.1. The van der Waals surface area contributed by atoms with Crippen molar-refractivity contribution in [2.24, 2.45) is 5.92 Å². The van der Waals surface area contributed by atoms with Crippen LogP contribution in [0.4, 0.5) is 14.5 Å². The van der Waals surface area contributed by atoms with Gasteiger partial charge in [-0.2, -0.15) is 12.7 Å². The molecule has 1 aliphatic heterocycles. The number of hydrogen-bond acceptors (Lipinski definition) is 3. The minimum absolute atomic E-state index is 0.0276. The average molecular weight is 306 g/mol. The fourth-order valence-electron chi connectivity index (χ4n) is 2.12. The molecule has 1 aliphatic rings. The molecule has 0 aliphatic carbocycles. The van der Waals surface area contributed by atoms with Gasteiger partial charge in [-0.1, -0.05) is 6.07 Å². The topological polar surface area (TPSA) is 69.6 Å². The Morgan fingerprint density at radius 1 is 1.30 bits per heavy atom. The quantitative estimate of drug-likeness (QED) is 0.881. The van der Waals surface area contributed by atoms with Crippen LogP contribution in [0, 0.1) is 17.6 Å².